The fourth-order valence-electron chi connectivity index (χ4n) is 3.01. The van der Waals surface area contributed by atoms with Crippen LogP contribution in [0.25, 0.3) is 22.1 Å². The number of carbonyl (C=O) groups excluding carboxylic acids is 1. The number of para-hydroxylation sites is 1. The second kappa shape index (κ2) is 7.46. The Morgan fingerprint density at radius 1 is 1.21 bits per heavy atom. The van der Waals surface area contributed by atoms with E-state index in [9.17, 15) is 9.59 Å². The van der Waals surface area contributed by atoms with Gasteiger partial charge in [0, 0.05) is 16.1 Å². The van der Waals surface area contributed by atoms with Crippen LogP contribution in [0.4, 0.5) is 5.69 Å². The highest BCUT2D eigenvalue weighted by Gasteiger charge is 2.14. The van der Waals surface area contributed by atoms with Gasteiger partial charge in [0.2, 0.25) is 11.5 Å². The quantitative estimate of drug-likeness (QED) is 0.539. The first-order chi connectivity index (χ1) is 13.5. The van der Waals surface area contributed by atoms with Gasteiger partial charge in [0.25, 0.3) is 5.56 Å². The van der Waals surface area contributed by atoms with Crippen molar-refractivity contribution in [1.29, 1.82) is 0 Å². The number of H-pyrrole nitrogens is 1. The van der Waals surface area contributed by atoms with Gasteiger partial charge in [-0.15, -0.1) is 0 Å². The lowest BCUT2D eigenvalue weighted by atomic mass is 10.2. The molecule has 0 saturated carbocycles. The van der Waals surface area contributed by atoms with Gasteiger partial charge in [-0.2, -0.15) is 0 Å². The van der Waals surface area contributed by atoms with Crippen molar-refractivity contribution >= 4 is 45.3 Å². The molecule has 0 atom stereocenters. The van der Waals surface area contributed by atoms with Gasteiger partial charge in [0.15, 0.2) is 0 Å². The largest absolute Gasteiger partial charge is 0.449 e. The monoisotopic (exact) mass is 396 g/mol. The minimum atomic E-state index is -0.338. The molecule has 8 heteroatoms. The van der Waals surface area contributed by atoms with E-state index in [2.05, 4.69) is 15.3 Å². The number of aromatic amines is 1. The maximum atomic E-state index is 12.3. The minimum absolute atomic E-state index is 0.135. The normalized spacial score (nSPS) is 11.4. The number of fused-ring (bicyclic) bond motifs is 3. The van der Waals surface area contributed by atoms with E-state index in [0.29, 0.717) is 34.2 Å². The first-order valence-corrected chi connectivity index (χ1v) is 9.02. The van der Waals surface area contributed by atoms with Crippen LogP contribution in [0.3, 0.4) is 0 Å². The number of carbonyl (C=O) groups is 1. The summed E-state index contributed by atoms with van der Waals surface area (Å²) in [6.45, 7) is 0.440. The average molecular weight is 397 g/mol. The molecule has 0 radical (unpaired) electrons. The van der Waals surface area contributed by atoms with Gasteiger partial charge < -0.3 is 14.7 Å². The predicted octanol–water partition coefficient (Wildman–Crippen LogP) is 3.39. The smallest absolute Gasteiger partial charge is 0.294 e. The highest BCUT2D eigenvalue weighted by Crippen LogP contribution is 2.24. The molecule has 4 rings (SSSR count). The van der Waals surface area contributed by atoms with Gasteiger partial charge >= 0.3 is 0 Å². The van der Waals surface area contributed by atoms with Crippen molar-refractivity contribution in [1.82, 2.24) is 14.9 Å². The maximum Gasteiger partial charge on any atom is 0.294 e. The van der Waals surface area contributed by atoms with Crippen LogP contribution in [-0.2, 0) is 11.3 Å². The van der Waals surface area contributed by atoms with Crippen molar-refractivity contribution in [2.45, 2.75) is 6.54 Å². The molecule has 2 aromatic heterocycles. The molecule has 0 aliphatic rings. The van der Waals surface area contributed by atoms with Crippen LogP contribution in [0.1, 0.15) is 5.82 Å². The second-order valence-electron chi connectivity index (χ2n) is 6.52. The Morgan fingerprint density at radius 3 is 2.75 bits per heavy atom. The van der Waals surface area contributed by atoms with E-state index in [-0.39, 0.29) is 23.6 Å². The number of nitrogens with zero attached hydrogens (tertiary/aromatic N) is 2. The van der Waals surface area contributed by atoms with E-state index in [1.807, 2.05) is 18.2 Å². The molecule has 1 amide bonds. The molecule has 2 aromatic carbocycles. The van der Waals surface area contributed by atoms with Crippen molar-refractivity contribution in [2.24, 2.45) is 0 Å². The molecule has 0 unspecified atom stereocenters. The summed E-state index contributed by atoms with van der Waals surface area (Å²) >= 11 is 5.84. The molecule has 0 fully saturated rings. The summed E-state index contributed by atoms with van der Waals surface area (Å²) in [6, 6.07) is 14.2. The first-order valence-electron chi connectivity index (χ1n) is 8.64. The number of aromatic nitrogens is 2. The van der Waals surface area contributed by atoms with Gasteiger partial charge in [-0.3, -0.25) is 14.5 Å². The third kappa shape index (κ3) is 3.76. The predicted molar refractivity (Wildman–Crippen MR) is 109 cm³/mol. The molecule has 2 heterocycles. The van der Waals surface area contributed by atoms with Crippen LogP contribution < -0.4 is 10.9 Å². The van der Waals surface area contributed by atoms with Crippen molar-refractivity contribution in [3.63, 3.8) is 0 Å². The van der Waals surface area contributed by atoms with Crippen molar-refractivity contribution in [3.05, 3.63) is 69.7 Å². The second-order valence-corrected chi connectivity index (χ2v) is 6.95. The number of benzene rings is 2. The molecule has 0 aliphatic heterocycles. The Hall–Kier alpha value is -3.16. The highest BCUT2D eigenvalue weighted by atomic mass is 35.5. The lowest BCUT2D eigenvalue weighted by Crippen LogP contribution is -2.31. The summed E-state index contributed by atoms with van der Waals surface area (Å²) in [7, 11) is 1.78. The summed E-state index contributed by atoms with van der Waals surface area (Å²) in [5, 5.41) is 4.19. The zero-order valence-corrected chi connectivity index (χ0v) is 15.8. The maximum absolute atomic E-state index is 12.3. The van der Waals surface area contributed by atoms with E-state index in [1.165, 1.54) is 0 Å². The lowest BCUT2D eigenvalue weighted by Gasteiger charge is -2.15. The minimum Gasteiger partial charge on any atom is -0.449 e. The standard InChI is InChI=1S/C20H17ClN4O3/c1-25(11-17(26)22-13-8-6-12(21)7-9-13)10-16-23-18-14-4-2-3-5-15(14)28-19(18)20(27)24-16/h2-9H,10-11H2,1H3,(H,22,26)(H,23,24,27). The number of hydrogen-bond acceptors (Lipinski definition) is 5. The number of likely N-dealkylation sites (N-methyl/N-ethyl adjacent to an activating group) is 1. The van der Waals surface area contributed by atoms with Crippen LogP contribution >= 0.6 is 11.6 Å². The van der Waals surface area contributed by atoms with E-state index in [0.717, 1.165) is 5.39 Å². The fourth-order valence-corrected chi connectivity index (χ4v) is 3.14. The molecule has 28 heavy (non-hydrogen) atoms. The topological polar surface area (TPSA) is 91.2 Å². The zero-order chi connectivity index (χ0) is 19.7. The number of anilines is 1. The highest BCUT2D eigenvalue weighted by molar-refractivity contribution is 6.30. The molecule has 4 aromatic rings. The Kier molecular flexibility index (Phi) is 4.85. The fraction of sp³-hybridized carbons (Fsp3) is 0.150. The zero-order valence-electron chi connectivity index (χ0n) is 15.0. The van der Waals surface area contributed by atoms with Gasteiger partial charge in [0.1, 0.15) is 16.9 Å². The number of amides is 1. The third-order valence-electron chi connectivity index (χ3n) is 4.24. The molecule has 0 bridgehead atoms. The summed E-state index contributed by atoms with van der Waals surface area (Å²) in [6.07, 6.45) is 0. The van der Waals surface area contributed by atoms with E-state index in [4.69, 9.17) is 16.0 Å². The Morgan fingerprint density at radius 2 is 1.96 bits per heavy atom. The molecule has 0 saturated heterocycles. The van der Waals surface area contributed by atoms with Crippen LogP contribution in [0.5, 0.6) is 0 Å². The molecular weight excluding hydrogens is 380 g/mol. The van der Waals surface area contributed by atoms with Gasteiger partial charge in [-0.1, -0.05) is 23.7 Å². The molecule has 7 nitrogen and oxygen atoms in total. The summed E-state index contributed by atoms with van der Waals surface area (Å²) in [4.78, 5) is 33.6. The van der Waals surface area contributed by atoms with E-state index in [1.54, 1.807) is 42.3 Å². The van der Waals surface area contributed by atoms with Gasteiger partial charge in [0.05, 0.1) is 13.1 Å². The third-order valence-corrected chi connectivity index (χ3v) is 4.49. The van der Waals surface area contributed by atoms with Crippen LogP contribution in [0.2, 0.25) is 5.02 Å². The van der Waals surface area contributed by atoms with Crippen molar-refractivity contribution in [2.75, 3.05) is 18.9 Å². The summed E-state index contributed by atoms with van der Waals surface area (Å²) in [5.41, 5.74) is 1.67. The summed E-state index contributed by atoms with van der Waals surface area (Å²) < 4.78 is 5.59. The molecule has 0 aliphatic carbocycles. The van der Waals surface area contributed by atoms with E-state index < -0.39 is 0 Å². The van der Waals surface area contributed by atoms with Gasteiger partial charge in [-0.05, 0) is 43.4 Å². The first kappa shape index (κ1) is 18.2. The number of nitrogens with one attached hydrogen (secondary N) is 2. The SMILES string of the molecule is CN(CC(=O)Nc1ccc(Cl)cc1)Cc1nc2c(oc3ccccc32)c(=O)[nH]1. The molecular formula is C20H17ClN4O3. The number of hydrogen-bond donors (Lipinski definition) is 2. The molecule has 2 N–H and O–H groups in total. The number of rotatable bonds is 5. The number of halogens is 1. The average Bonchev–Trinajstić information content (AvgIpc) is 3.03. The molecule has 142 valence electrons. The van der Waals surface area contributed by atoms with Crippen LogP contribution in [-0.4, -0.2) is 34.4 Å². The Labute approximate surface area is 164 Å². The van der Waals surface area contributed by atoms with Crippen molar-refractivity contribution in [3.8, 4) is 0 Å². The summed E-state index contributed by atoms with van der Waals surface area (Å²) in [5.74, 6) is 0.285. The van der Waals surface area contributed by atoms with E-state index >= 15 is 0 Å². The number of furan rings is 1. The lowest BCUT2D eigenvalue weighted by molar-refractivity contribution is -0.117. The Balaban J connectivity index is 1.49. The molecule has 0 spiro atoms. The Bertz CT molecular complexity index is 1210. The van der Waals surface area contributed by atoms with Crippen molar-refractivity contribution < 1.29 is 9.21 Å². The van der Waals surface area contributed by atoms with Gasteiger partial charge in [-0.25, -0.2) is 4.98 Å². The van der Waals surface area contributed by atoms with Crippen LogP contribution in [0.15, 0.2) is 57.7 Å². The van der Waals surface area contributed by atoms with Crippen LogP contribution in [0, 0.1) is 0 Å².